The molecule has 3 nitrogen and oxygen atoms in total. The summed E-state index contributed by atoms with van der Waals surface area (Å²) in [6, 6.07) is 5.91. The molecule has 4 heteroatoms. The van der Waals surface area contributed by atoms with Crippen molar-refractivity contribution >= 4 is 12.2 Å². The molecule has 0 aliphatic heterocycles. The van der Waals surface area contributed by atoms with Gasteiger partial charge in [-0.3, -0.25) is 4.98 Å². The lowest BCUT2D eigenvalue weighted by atomic mass is 10.0. The van der Waals surface area contributed by atoms with Crippen LogP contribution in [-0.2, 0) is 0 Å². The fourth-order valence-corrected chi connectivity index (χ4v) is 2.80. The first-order valence-corrected chi connectivity index (χ1v) is 6.75. The molecule has 2 heterocycles. The third-order valence-electron chi connectivity index (χ3n) is 3.51. The van der Waals surface area contributed by atoms with Crippen LogP contribution in [0.2, 0.25) is 0 Å². The predicted octanol–water partition coefficient (Wildman–Crippen LogP) is 3.86. The maximum absolute atomic E-state index is 5.28. The first-order valence-electron chi connectivity index (χ1n) is 6.34. The lowest BCUT2D eigenvalue weighted by Crippen LogP contribution is -2.00. The van der Waals surface area contributed by atoms with Crippen LogP contribution in [0.5, 0.6) is 0 Å². The summed E-state index contributed by atoms with van der Waals surface area (Å²) in [6.45, 7) is 0. The summed E-state index contributed by atoms with van der Waals surface area (Å²) in [5.41, 5.74) is 2.27. The lowest BCUT2D eigenvalue weighted by Gasteiger charge is -2.11. The van der Waals surface area contributed by atoms with Crippen LogP contribution in [0, 0.1) is 4.64 Å². The van der Waals surface area contributed by atoms with Crippen molar-refractivity contribution in [2.45, 2.75) is 31.6 Å². The van der Waals surface area contributed by atoms with E-state index in [4.69, 9.17) is 12.2 Å². The molecule has 18 heavy (non-hydrogen) atoms. The van der Waals surface area contributed by atoms with E-state index >= 15 is 0 Å². The molecule has 0 spiro atoms. The molecule has 0 radical (unpaired) electrons. The van der Waals surface area contributed by atoms with E-state index in [-0.39, 0.29) is 0 Å². The molecule has 92 valence electrons. The number of aromatic nitrogens is 3. The van der Waals surface area contributed by atoms with E-state index in [1.54, 1.807) is 12.4 Å². The highest BCUT2D eigenvalue weighted by Gasteiger charge is 2.18. The standard InChI is InChI=1S/C14H15N3S/c18-13-9-12(10-3-1-2-4-10)16-14(17-13)11-5-7-15-8-6-11/h5-10H,1-4H2,(H,16,17,18). The van der Waals surface area contributed by atoms with Gasteiger partial charge in [-0.05, 0) is 37.0 Å². The third kappa shape index (κ3) is 2.34. The molecule has 3 rings (SSSR count). The van der Waals surface area contributed by atoms with Gasteiger partial charge in [0.15, 0.2) is 0 Å². The average molecular weight is 257 g/mol. The molecule has 1 N–H and O–H groups in total. The van der Waals surface area contributed by atoms with Gasteiger partial charge >= 0.3 is 0 Å². The lowest BCUT2D eigenvalue weighted by molar-refractivity contribution is 0.694. The van der Waals surface area contributed by atoms with Crippen LogP contribution in [-0.4, -0.2) is 15.0 Å². The van der Waals surface area contributed by atoms with Gasteiger partial charge < -0.3 is 4.98 Å². The Hall–Kier alpha value is -1.55. The van der Waals surface area contributed by atoms with Crippen LogP contribution >= 0.6 is 12.2 Å². The van der Waals surface area contributed by atoms with Gasteiger partial charge in [-0.25, -0.2) is 4.98 Å². The van der Waals surface area contributed by atoms with Gasteiger partial charge in [0, 0.05) is 23.7 Å². The minimum Gasteiger partial charge on any atom is -0.343 e. The average Bonchev–Trinajstić information content (AvgIpc) is 2.93. The normalized spacial score (nSPS) is 16.0. The fraction of sp³-hybridized carbons (Fsp3) is 0.357. The number of pyridine rings is 1. The minimum atomic E-state index is 0.621. The highest BCUT2D eigenvalue weighted by atomic mass is 32.1. The van der Waals surface area contributed by atoms with Gasteiger partial charge in [-0.1, -0.05) is 25.1 Å². The Bertz CT molecular complexity index is 585. The molecule has 1 aliphatic carbocycles. The van der Waals surface area contributed by atoms with Gasteiger partial charge in [-0.15, -0.1) is 0 Å². The summed E-state index contributed by atoms with van der Waals surface area (Å²) in [6.07, 6.45) is 8.69. The zero-order valence-corrected chi connectivity index (χ0v) is 10.9. The van der Waals surface area contributed by atoms with Crippen LogP contribution in [0.3, 0.4) is 0 Å². The summed E-state index contributed by atoms with van der Waals surface area (Å²) < 4.78 is 0.669. The number of aromatic amines is 1. The molecule has 0 bridgehead atoms. The number of nitrogens with one attached hydrogen (secondary N) is 1. The summed E-state index contributed by atoms with van der Waals surface area (Å²) in [5, 5.41) is 0. The number of rotatable bonds is 2. The molecule has 0 saturated heterocycles. The van der Waals surface area contributed by atoms with Crippen molar-refractivity contribution < 1.29 is 0 Å². The van der Waals surface area contributed by atoms with E-state index in [1.807, 2.05) is 18.2 Å². The van der Waals surface area contributed by atoms with E-state index < -0.39 is 0 Å². The van der Waals surface area contributed by atoms with Crippen molar-refractivity contribution in [3.8, 4) is 11.4 Å². The molecule has 0 unspecified atom stereocenters. The molecule has 0 amide bonds. The largest absolute Gasteiger partial charge is 0.343 e. The van der Waals surface area contributed by atoms with E-state index in [0.29, 0.717) is 10.6 Å². The quantitative estimate of drug-likeness (QED) is 0.831. The van der Waals surface area contributed by atoms with Crippen LogP contribution < -0.4 is 0 Å². The van der Waals surface area contributed by atoms with Gasteiger partial charge in [0.05, 0.1) is 0 Å². The zero-order chi connectivity index (χ0) is 12.4. The maximum Gasteiger partial charge on any atom is 0.139 e. The van der Waals surface area contributed by atoms with Crippen molar-refractivity contribution in [2.75, 3.05) is 0 Å². The molecular formula is C14H15N3S. The molecule has 1 saturated carbocycles. The number of hydrogen-bond donors (Lipinski definition) is 1. The van der Waals surface area contributed by atoms with Crippen LogP contribution in [0.1, 0.15) is 37.3 Å². The van der Waals surface area contributed by atoms with Gasteiger partial charge in [0.2, 0.25) is 0 Å². The second kappa shape index (κ2) is 4.98. The Balaban J connectivity index is 2.03. The van der Waals surface area contributed by atoms with Gasteiger partial charge in [-0.2, -0.15) is 0 Å². The highest BCUT2D eigenvalue weighted by molar-refractivity contribution is 7.71. The molecule has 1 fully saturated rings. The van der Waals surface area contributed by atoms with E-state index in [2.05, 4.69) is 15.0 Å². The first kappa shape index (κ1) is 11.5. The van der Waals surface area contributed by atoms with Crippen molar-refractivity contribution in [2.24, 2.45) is 0 Å². The van der Waals surface area contributed by atoms with Crippen molar-refractivity contribution in [1.82, 2.24) is 15.0 Å². The predicted molar refractivity (Wildman–Crippen MR) is 73.9 cm³/mol. The summed E-state index contributed by atoms with van der Waals surface area (Å²) >= 11 is 5.28. The molecular weight excluding hydrogens is 242 g/mol. The monoisotopic (exact) mass is 257 g/mol. The highest BCUT2D eigenvalue weighted by Crippen LogP contribution is 2.33. The van der Waals surface area contributed by atoms with E-state index in [1.165, 1.54) is 31.4 Å². The number of nitrogens with zero attached hydrogens (tertiary/aromatic N) is 2. The van der Waals surface area contributed by atoms with Crippen LogP contribution in [0.15, 0.2) is 30.6 Å². The summed E-state index contributed by atoms with van der Waals surface area (Å²) in [7, 11) is 0. The second-order valence-electron chi connectivity index (χ2n) is 4.74. The van der Waals surface area contributed by atoms with E-state index in [0.717, 1.165) is 11.4 Å². The smallest absolute Gasteiger partial charge is 0.139 e. The topological polar surface area (TPSA) is 41.6 Å². The summed E-state index contributed by atoms with van der Waals surface area (Å²) in [5.74, 6) is 1.47. The van der Waals surface area contributed by atoms with Crippen molar-refractivity contribution in [1.29, 1.82) is 0 Å². The molecule has 2 aromatic heterocycles. The van der Waals surface area contributed by atoms with Gasteiger partial charge in [0.1, 0.15) is 10.5 Å². The SMILES string of the molecule is S=c1cc(C2CCCC2)[nH]c(-c2ccncc2)n1. The Morgan fingerprint density at radius 1 is 1.17 bits per heavy atom. The molecule has 1 aliphatic rings. The Morgan fingerprint density at radius 3 is 2.61 bits per heavy atom. The third-order valence-corrected chi connectivity index (χ3v) is 3.72. The zero-order valence-electron chi connectivity index (χ0n) is 10.1. The maximum atomic E-state index is 5.28. The second-order valence-corrected chi connectivity index (χ2v) is 5.16. The van der Waals surface area contributed by atoms with Gasteiger partial charge in [0.25, 0.3) is 0 Å². The van der Waals surface area contributed by atoms with Crippen molar-refractivity contribution in [3.05, 3.63) is 40.9 Å². The summed E-state index contributed by atoms with van der Waals surface area (Å²) in [4.78, 5) is 11.9. The van der Waals surface area contributed by atoms with Crippen LogP contribution in [0.4, 0.5) is 0 Å². The number of hydrogen-bond acceptors (Lipinski definition) is 3. The molecule has 0 atom stereocenters. The Kier molecular flexibility index (Phi) is 3.19. The number of H-pyrrole nitrogens is 1. The van der Waals surface area contributed by atoms with Crippen LogP contribution in [0.25, 0.3) is 11.4 Å². The Labute approximate surface area is 111 Å². The molecule has 2 aromatic rings. The first-order chi connectivity index (χ1) is 8.83. The minimum absolute atomic E-state index is 0.621. The van der Waals surface area contributed by atoms with Crippen molar-refractivity contribution in [3.63, 3.8) is 0 Å². The van der Waals surface area contributed by atoms with E-state index in [9.17, 15) is 0 Å². The molecule has 0 aromatic carbocycles. The fourth-order valence-electron chi connectivity index (χ4n) is 2.58. The Morgan fingerprint density at radius 2 is 1.89 bits per heavy atom.